The predicted octanol–water partition coefficient (Wildman–Crippen LogP) is 5.17. The number of aliphatic hydroxyl groups is 1. The molecule has 1 amide bonds. The molecule has 3 atom stereocenters. The number of benzene rings is 3. The van der Waals surface area contributed by atoms with Gasteiger partial charge < -0.3 is 24.0 Å². The topological polar surface area (TPSA) is 134 Å². The van der Waals surface area contributed by atoms with E-state index in [4.69, 9.17) is 14.0 Å². The molecule has 0 radical (unpaired) electrons. The van der Waals surface area contributed by atoms with Crippen LogP contribution in [0.25, 0.3) is 0 Å². The van der Waals surface area contributed by atoms with E-state index in [1.807, 2.05) is 75.5 Å². The van der Waals surface area contributed by atoms with Crippen molar-refractivity contribution < 1.29 is 32.3 Å². The smallest absolute Gasteiger partial charge is 0.267 e. The molecule has 12 heteroatoms. The van der Waals surface area contributed by atoms with Crippen LogP contribution in [0.3, 0.4) is 0 Å². The van der Waals surface area contributed by atoms with E-state index in [9.17, 15) is 18.3 Å². The molecular formula is C35H42N4O7S. The maximum Gasteiger partial charge on any atom is 0.267 e. The Labute approximate surface area is 276 Å². The summed E-state index contributed by atoms with van der Waals surface area (Å²) >= 11 is 0. The van der Waals surface area contributed by atoms with Crippen molar-refractivity contribution in [2.45, 2.75) is 57.7 Å². The first kappa shape index (κ1) is 34.0. The second-order valence-electron chi connectivity index (χ2n) is 12.2. The summed E-state index contributed by atoms with van der Waals surface area (Å²) in [4.78, 5) is 17.4. The maximum absolute atomic E-state index is 13.6. The Bertz CT molecular complexity index is 1760. The van der Waals surface area contributed by atoms with Crippen LogP contribution in [-0.2, 0) is 27.8 Å². The largest absolute Gasteiger partial charge is 0.488 e. The number of rotatable bonds is 11. The lowest BCUT2D eigenvalue weighted by Gasteiger charge is -2.34. The van der Waals surface area contributed by atoms with E-state index in [1.54, 1.807) is 30.0 Å². The Hall–Kier alpha value is -4.39. The monoisotopic (exact) mass is 662 g/mol. The molecule has 3 aromatic carbocycles. The maximum atomic E-state index is 13.6. The van der Waals surface area contributed by atoms with E-state index in [0.717, 1.165) is 17.1 Å². The fraction of sp³-hybridized carbons (Fsp3) is 0.371. The van der Waals surface area contributed by atoms with Gasteiger partial charge in [0, 0.05) is 36.8 Å². The van der Waals surface area contributed by atoms with Crippen LogP contribution in [0.5, 0.6) is 17.2 Å². The lowest BCUT2D eigenvalue weighted by atomic mass is 10.0. The highest BCUT2D eigenvalue weighted by molar-refractivity contribution is 7.92. The van der Waals surface area contributed by atoms with E-state index in [-0.39, 0.29) is 53.0 Å². The molecule has 47 heavy (non-hydrogen) atoms. The molecule has 0 saturated heterocycles. The molecule has 0 unspecified atom stereocenters. The quantitative estimate of drug-likeness (QED) is 0.223. The zero-order chi connectivity index (χ0) is 33.7. The number of fused-ring (bicyclic) bond motifs is 1. The number of ether oxygens (including phenoxy) is 2. The summed E-state index contributed by atoms with van der Waals surface area (Å²) in [5.41, 5.74) is 2.18. The third-order valence-corrected chi connectivity index (χ3v) is 9.88. The average Bonchev–Trinajstić information content (AvgIpc) is 3.40. The minimum atomic E-state index is -4.00. The van der Waals surface area contributed by atoms with Crippen LogP contribution in [0.2, 0.25) is 0 Å². The summed E-state index contributed by atoms with van der Waals surface area (Å²) in [5, 5.41) is 13.7. The molecule has 0 fully saturated rings. The predicted molar refractivity (Wildman–Crippen MR) is 178 cm³/mol. The standard InChI is InChI=1S/C35H42N4O7S/c1-23-19-39(24(2)22-40)34(41)18-28-17-29(37-47(42,43)35-25(3)36-46-26(35)4)13-16-32(28)45-33(23)21-38(5)20-27-11-14-31(15-12-27)44-30-9-7-6-8-10-30/h6-17,23-24,33,37,40H,18-22H2,1-5H3/t23-,24-,33+/m0/s1. The number of hydrogen-bond donors (Lipinski definition) is 2. The normalized spacial score (nSPS) is 17.7. The molecule has 250 valence electrons. The number of nitrogens with one attached hydrogen (secondary N) is 1. The minimum absolute atomic E-state index is 0.0206. The van der Waals surface area contributed by atoms with E-state index in [1.165, 1.54) is 6.92 Å². The van der Waals surface area contributed by atoms with Crippen molar-refractivity contribution in [2.75, 3.05) is 31.5 Å². The number of aromatic nitrogens is 1. The van der Waals surface area contributed by atoms with E-state index >= 15 is 0 Å². The first-order chi connectivity index (χ1) is 22.4. The molecule has 11 nitrogen and oxygen atoms in total. The molecule has 0 aliphatic carbocycles. The summed E-state index contributed by atoms with van der Waals surface area (Å²) in [6, 6.07) is 22.1. The third kappa shape index (κ3) is 8.31. The number of carbonyl (C=O) groups excluding carboxylic acids is 1. The second-order valence-corrected chi connectivity index (χ2v) is 13.8. The third-order valence-electron chi connectivity index (χ3n) is 8.25. The second kappa shape index (κ2) is 14.6. The van der Waals surface area contributed by atoms with Crippen LogP contribution in [0.4, 0.5) is 5.69 Å². The van der Waals surface area contributed by atoms with Crippen LogP contribution in [0, 0.1) is 19.8 Å². The highest BCUT2D eigenvalue weighted by atomic mass is 32.2. The number of aryl methyl sites for hydroxylation is 2. The summed E-state index contributed by atoms with van der Waals surface area (Å²) in [6.07, 6.45) is -0.337. The zero-order valence-corrected chi connectivity index (χ0v) is 28.2. The molecule has 0 bridgehead atoms. The SMILES string of the molecule is Cc1noc(C)c1S(=O)(=O)Nc1ccc2c(c1)CC(=O)N([C@@H](C)CO)C[C@H](C)[C@@H](CN(C)Cc1ccc(Oc3ccccc3)cc1)O2. The average molecular weight is 663 g/mol. The molecule has 0 saturated carbocycles. The zero-order valence-electron chi connectivity index (χ0n) is 27.3. The Morgan fingerprint density at radius 2 is 1.79 bits per heavy atom. The fourth-order valence-corrected chi connectivity index (χ4v) is 7.13. The molecular weight excluding hydrogens is 620 g/mol. The van der Waals surface area contributed by atoms with Crippen molar-refractivity contribution in [3.8, 4) is 17.2 Å². The number of amides is 1. The number of likely N-dealkylation sites (N-methyl/N-ethyl adjacent to an activating group) is 1. The first-order valence-electron chi connectivity index (χ1n) is 15.6. The van der Waals surface area contributed by atoms with Gasteiger partial charge in [-0.3, -0.25) is 14.4 Å². The van der Waals surface area contributed by atoms with Crippen molar-refractivity contribution in [3.05, 3.63) is 95.4 Å². The van der Waals surface area contributed by atoms with E-state index < -0.39 is 16.1 Å². The van der Waals surface area contributed by atoms with Gasteiger partial charge in [0.15, 0.2) is 10.7 Å². The van der Waals surface area contributed by atoms with Crippen molar-refractivity contribution >= 4 is 21.6 Å². The van der Waals surface area contributed by atoms with Gasteiger partial charge in [0.2, 0.25) is 5.91 Å². The molecule has 1 aromatic heterocycles. The number of carbonyl (C=O) groups is 1. The number of para-hydroxylation sites is 1. The molecule has 1 aliphatic heterocycles. The van der Waals surface area contributed by atoms with Gasteiger partial charge >= 0.3 is 0 Å². The van der Waals surface area contributed by atoms with Crippen molar-refractivity contribution in [3.63, 3.8) is 0 Å². The van der Waals surface area contributed by atoms with Gasteiger partial charge in [0.25, 0.3) is 10.0 Å². The van der Waals surface area contributed by atoms with Crippen LogP contribution >= 0.6 is 0 Å². The molecule has 2 heterocycles. The number of anilines is 1. The van der Waals surface area contributed by atoms with Gasteiger partial charge in [-0.1, -0.05) is 42.4 Å². The number of nitrogens with zero attached hydrogens (tertiary/aromatic N) is 3. The van der Waals surface area contributed by atoms with Gasteiger partial charge in [0.1, 0.15) is 29.0 Å². The van der Waals surface area contributed by atoms with E-state index in [0.29, 0.717) is 30.9 Å². The minimum Gasteiger partial charge on any atom is -0.488 e. The molecule has 0 spiro atoms. The van der Waals surface area contributed by atoms with Gasteiger partial charge in [-0.05, 0) is 75.8 Å². The Kier molecular flexibility index (Phi) is 10.5. The lowest BCUT2D eigenvalue weighted by molar-refractivity contribution is -0.134. The van der Waals surface area contributed by atoms with Crippen LogP contribution in [0.15, 0.2) is 82.2 Å². The number of aliphatic hydroxyl groups excluding tert-OH is 1. The highest BCUT2D eigenvalue weighted by Crippen LogP contribution is 2.31. The first-order valence-corrected chi connectivity index (χ1v) is 17.1. The van der Waals surface area contributed by atoms with Crippen LogP contribution in [0.1, 0.15) is 36.4 Å². The van der Waals surface area contributed by atoms with Crippen LogP contribution < -0.4 is 14.2 Å². The van der Waals surface area contributed by atoms with Crippen molar-refractivity contribution in [2.24, 2.45) is 5.92 Å². The summed E-state index contributed by atoms with van der Waals surface area (Å²) in [6.45, 7) is 8.37. The molecule has 4 aromatic rings. The Morgan fingerprint density at radius 3 is 2.45 bits per heavy atom. The van der Waals surface area contributed by atoms with Crippen molar-refractivity contribution in [1.29, 1.82) is 0 Å². The molecule has 2 N–H and O–H groups in total. The Morgan fingerprint density at radius 1 is 1.09 bits per heavy atom. The van der Waals surface area contributed by atoms with Gasteiger partial charge in [-0.25, -0.2) is 8.42 Å². The number of hydrogen-bond acceptors (Lipinski definition) is 9. The summed E-state index contributed by atoms with van der Waals surface area (Å²) in [5.74, 6) is 1.95. The molecule has 5 rings (SSSR count). The summed E-state index contributed by atoms with van der Waals surface area (Å²) in [7, 11) is -1.98. The molecule has 1 aliphatic rings. The fourth-order valence-electron chi connectivity index (χ4n) is 5.75. The van der Waals surface area contributed by atoms with E-state index in [2.05, 4.69) is 14.8 Å². The van der Waals surface area contributed by atoms with Crippen molar-refractivity contribution in [1.82, 2.24) is 15.0 Å². The summed E-state index contributed by atoms with van der Waals surface area (Å²) < 4.78 is 46.6. The van der Waals surface area contributed by atoms with Gasteiger partial charge in [-0.2, -0.15) is 0 Å². The Balaban J connectivity index is 1.35. The van der Waals surface area contributed by atoms with Gasteiger partial charge in [-0.15, -0.1) is 0 Å². The van der Waals surface area contributed by atoms with Crippen LogP contribution in [-0.4, -0.2) is 73.3 Å². The number of sulfonamides is 1. The lowest BCUT2D eigenvalue weighted by Crippen LogP contribution is -2.47. The van der Waals surface area contributed by atoms with Gasteiger partial charge in [0.05, 0.1) is 19.1 Å². The highest BCUT2D eigenvalue weighted by Gasteiger charge is 2.32.